The van der Waals surface area contributed by atoms with Crippen LogP contribution in [-0.2, 0) is 21.1 Å². The Balaban J connectivity index is 0. The van der Waals surface area contributed by atoms with Crippen molar-refractivity contribution in [1.82, 2.24) is 0 Å². The van der Waals surface area contributed by atoms with Gasteiger partial charge in [0.1, 0.15) is 0 Å². The van der Waals surface area contributed by atoms with Crippen molar-refractivity contribution < 1.29 is 21.1 Å². The topological polar surface area (TPSA) is 0 Å². The predicted octanol–water partition coefficient (Wildman–Crippen LogP) is -1.06. The minimum Gasteiger partial charge on any atom is -0.147 e. The normalized spacial score (nSPS) is 2.75. The first kappa shape index (κ1) is 8.82. The molecule has 0 N–H and O–H groups in total. The van der Waals surface area contributed by atoms with Crippen LogP contribution >= 0.6 is 0 Å². The summed E-state index contributed by atoms with van der Waals surface area (Å²) in [7, 11) is 0.897. The van der Waals surface area contributed by atoms with E-state index in [1.54, 1.807) is 0 Å². The van der Waals surface area contributed by atoms with E-state index >= 15 is 0 Å². The Bertz CT molecular complexity index is 27.5. The molecule has 2 heteroatoms. The second-order valence-electron chi connectivity index (χ2n) is 0.289. The van der Waals surface area contributed by atoms with E-state index in [-0.39, 0.29) is 21.1 Å². The molecule has 0 bridgehead atoms. The molecule has 0 aromatic heterocycles. The monoisotopic (exact) mass is 251 g/mol. The van der Waals surface area contributed by atoms with E-state index in [0.717, 1.165) is 10.2 Å². The maximum Gasteiger partial charge on any atom is 0.0902 e. The average Bonchev–Trinajstić information content (AvgIpc) is 0.918. The Morgan fingerprint density at radius 1 is 1.75 bits per heavy atom. The fourth-order valence-electron chi connectivity index (χ4n) is 0. The van der Waals surface area contributed by atoms with Crippen molar-refractivity contribution in [3.8, 4) is 12.0 Å². The van der Waals surface area contributed by atoms with Crippen LogP contribution in [0.25, 0.3) is 0 Å². The van der Waals surface area contributed by atoms with Crippen LogP contribution in [0, 0.1) is 12.0 Å². The smallest absolute Gasteiger partial charge is 0.0902 e. The van der Waals surface area contributed by atoms with Gasteiger partial charge in [0, 0.05) is 21.1 Å². The molecule has 26 valence electrons. The molecule has 0 radical (unpaired) electrons. The van der Waals surface area contributed by atoms with Crippen molar-refractivity contribution in [3.63, 3.8) is 0 Å². The first-order valence-corrected chi connectivity index (χ1v) is 1.79. The van der Waals surface area contributed by atoms with E-state index in [1.807, 2.05) is 0 Å². The molecule has 0 aromatic rings. The molecule has 0 saturated carbocycles. The zero-order valence-corrected chi connectivity index (χ0v) is 6.67. The molecular weight excluding hydrogens is 247 g/mol. The van der Waals surface area contributed by atoms with Crippen molar-refractivity contribution in [1.29, 1.82) is 0 Å². The maximum absolute atomic E-state index is 4.66. The van der Waals surface area contributed by atoms with Crippen molar-refractivity contribution >= 4 is 10.2 Å². The number of hydrogen-bond acceptors (Lipinski definition) is 0. The summed E-state index contributed by atoms with van der Waals surface area (Å²) in [4.78, 5) is 0. The fourth-order valence-corrected chi connectivity index (χ4v) is 0. The van der Waals surface area contributed by atoms with Gasteiger partial charge in [-0.15, -0.1) is 12.0 Å². The molecule has 0 aliphatic carbocycles. The largest absolute Gasteiger partial charge is 0.147 e. The van der Waals surface area contributed by atoms with Crippen molar-refractivity contribution in [2.75, 3.05) is 0 Å². The Hall–Kier alpha value is 0.465. The van der Waals surface area contributed by atoms with Crippen LogP contribution in [0.15, 0.2) is 0 Å². The Labute approximate surface area is 43.7 Å². The minimum absolute atomic E-state index is 0. The van der Waals surface area contributed by atoms with Crippen LogP contribution in [0.3, 0.4) is 0 Å². The van der Waals surface area contributed by atoms with Gasteiger partial charge in [0.15, 0.2) is 0 Å². The Kier molecular flexibility index (Phi) is 21.6. The molecule has 0 saturated heterocycles. The van der Waals surface area contributed by atoms with Gasteiger partial charge < -0.3 is 0 Å². The van der Waals surface area contributed by atoms with Crippen LogP contribution in [0.2, 0.25) is 0 Å². The zero-order valence-electron chi connectivity index (χ0n) is 2.39. The van der Waals surface area contributed by atoms with Crippen molar-refractivity contribution in [3.05, 3.63) is 0 Å². The summed E-state index contributed by atoms with van der Waals surface area (Å²) in [5, 5.41) is 0. The molecule has 0 aromatic carbocycles. The van der Waals surface area contributed by atoms with E-state index in [4.69, 9.17) is 0 Å². The predicted molar refractivity (Wildman–Crippen MR) is 18.8 cm³/mol. The van der Waals surface area contributed by atoms with Crippen LogP contribution in [0.5, 0.6) is 0 Å². The maximum atomic E-state index is 4.66. The number of terminal acetylenes is 1. The van der Waals surface area contributed by atoms with E-state index < -0.39 is 0 Å². The summed E-state index contributed by atoms with van der Waals surface area (Å²) in [6, 6.07) is 0. The molecule has 0 unspecified atom stereocenters. The van der Waals surface area contributed by atoms with Gasteiger partial charge >= 0.3 is 0 Å². The van der Waals surface area contributed by atoms with Crippen molar-refractivity contribution in [2.45, 2.75) is 0 Å². The van der Waals surface area contributed by atoms with Crippen LogP contribution in [-0.4, -0.2) is 10.2 Å². The van der Waals surface area contributed by atoms with Crippen LogP contribution < -0.4 is 0 Å². The summed E-state index contributed by atoms with van der Waals surface area (Å²) in [5.74, 6) is 0. The second-order valence-corrected chi connectivity index (χ2v) is 0.866. The molecule has 0 heterocycles. The standard InChI is InChI=1S/C2H4Si.Pt/c1-2-3;/h1H,3H3;. The molecule has 0 nitrogen and oxygen atoms in total. The molecule has 0 atom stereocenters. The fraction of sp³-hybridized carbons (Fsp3) is 0. The second kappa shape index (κ2) is 9.81. The first-order chi connectivity index (χ1) is 1.41. The summed E-state index contributed by atoms with van der Waals surface area (Å²) >= 11 is 0. The molecule has 0 spiro atoms. The van der Waals surface area contributed by atoms with Crippen molar-refractivity contribution in [2.24, 2.45) is 0 Å². The Morgan fingerprint density at radius 3 is 1.75 bits per heavy atom. The average molecular weight is 251 g/mol. The first-order valence-electron chi connectivity index (χ1n) is 0.789. The van der Waals surface area contributed by atoms with Gasteiger partial charge in [-0.2, -0.15) is 0 Å². The van der Waals surface area contributed by atoms with E-state index in [0.29, 0.717) is 0 Å². The van der Waals surface area contributed by atoms with E-state index in [2.05, 4.69) is 12.0 Å². The summed E-state index contributed by atoms with van der Waals surface area (Å²) in [5.41, 5.74) is 2.39. The number of hydrogen-bond donors (Lipinski definition) is 0. The third-order valence-electron chi connectivity index (χ3n) is 0. The van der Waals surface area contributed by atoms with Crippen LogP contribution in [0.4, 0.5) is 0 Å². The summed E-state index contributed by atoms with van der Waals surface area (Å²) in [6.45, 7) is 0. The third kappa shape index (κ3) is 24.5. The molecule has 0 aliphatic heterocycles. The quantitative estimate of drug-likeness (QED) is 0.380. The molecule has 0 amide bonds. The van der Waals surface area contributed by atoms with Gasteiger partial charge in [0.25, 0.3) is 0 Å². The summed E-state index contributed by atoms with van der Waals surface area (Å²) < 4.78 is 0. The molecule has 0 rings (SSSR count). The summed E-state index contributed by atoms with van der Waals surface area (Å²) in [6.07, 6.45) is 4.66. The van der Waals surface area contributed by atoms with E-state index in [1.165, 1.54) is 0 Å². The van der Waals surface area contributed by atoms with Gasteiger partial charge in [-0.3, -0.25) is 0 Å². The zero-order chi connectivity index (χ0) is 2.71. The molecule has 0 fully saturated rings. The minimum atomic E-state index is 0. The van der Waals surface area contributed by atoms with Gasteiger partial charge in [0.2, 0.25) is 0 Å². The number of rotatable bonds is 0. The van der Waals surface area contributed by atoms with Gasteiger partial charge in [0.05, 0.1) is 10.2 Å². The molecular formula is C2H4PtSi. The van der Waals surface area contributed by atoms with Gasteiger partial charge in [-0.25, -0.2) is 0 Å². The Morgan fingerprint density at radius 2 is 1.75 bits per heavy atom. The van der Waals surface area contributed by atoms with E-state index in [9.17, 15) is 0 Å². The molecule has 0 aliphatic rings. The SMILES string of the molecule is C#C[SiH3].[Pt]. The molecule has 4 heavy (non-hydrogen) atoms. The van der Waals surface area contributed by atoms with Crippen LogP contribution in [0.1, 0.15) is 0 Å². The third-order valence-corrected chi connectivity index (χ3v) is 0. The van der Waals surface area contributed by atoms with Gasteiger partial charge in [-0.05, 0) is 0 Å². The van der Waals surface area contributed by atoms with Gasteiger partial charge in [-0.1, -0.05) is 0 Å².